The molecule has 62 valence electrons. The van der Waals surface area contributed by atoms with Gasteiger partial charge >= 0.3 is 0 Å². The molecule has 0 radical (unpaired) electrons. The minimum atomic E-state index is 0.0560. The lowest BCUT2D eigenvalue weighted by Crippen LogP contribution is -2.07. The van der Waals surface area contributed by atoms with Crippen molar-refractivity contribution in [3.05, 3.63) is 16.5 Å². The van der Waals surface area contributed by atoms with Crippen molar-refractivity contribution in [2.24, 2.45) is 10.4 Å². The summed E-state index contributed by atoms with van der Waals surface area (Å²) in [6, 6.07) is 0. The molecule has 2 heterocycles. The van der Waals surface area contributed by atoms with Crippen LogP contribution in [0.15, 0.2) is 16.6 Å². The van der Waals surface area contributed by atoms with Gasteiger partial charge in [0.1, 0.15) is 0 Å². The fourth-order valence-corrected chi connectivity index (χ4v) is 1.64. The first-order valence-electron chi connectivity index (χ1n) is 3.85. The normalized spacial score (nSPS) is 18.8. The minimum Gasteiger partial charge on any atom is -0.239 e. The van der Waals surface area contributed by atoms with E-state index in [1.54, 1.807) is 11.3 Å². The third kappa shape index (κ3) is 1.32. The zero-order valence-electron chi connectivity index (χ0n) is 7.11. The average molecular weight is 178 g/mol. The van der Waals surface area contributed by atoms with Gasteiger partial charge in [-0.1, -0.05) is 19.9 Å². The van der Waals surface area contributed by atoms with Crippen LogP contribution in [0.2, 0.25) is 0 Å². The molecule has 0 fully saturated rings. The predicted molar refractivity (Wildman–Crippen MR) is 53.1 cm³/mol. The summed E-state index contributed by atoms with van der Waals surface area (Å²) < 4.78 is 0. The fraction of sp³-hybridized carbons (Fsp3) is 0.333. The topological polar surface area (TPSA) is 25.2 Å². The van der Waals surface area contributed by atoms with Crippen LogP contribution >= 0.6 is 11.3 Å². The first kappa shape index (κ1) is 7.68. The van der Waals surface area contributed by atoms with Crippen molar-refractivity contribution in [1.29, 1.82) is 0 Å². The van der Waals surface area contributed by atoms with Crippen LogP contribution in [0.25, 0.3) is 6.08 Å². The van der Waals surface area contributed by atoms with E-state index in [0.29, 0.717) is 0 Å². The smallest absolute Gasteiger partial charge is 0.169 e. The van der Waals surface area contributed by atoms with Crippen molar-refractivity contribution in [3.63, 3.8) is 0 Å². The van der Waals surface area contributed by atoms with Gasteiger partial charge in [-0.15, -0.1) is 11.3 Å². The number of allylic oxidation sites excluding steroid dienone is 1. The molecule has 2 rings (SSSR count). The molecule has 3 heteroatoms. The third-order valence-electron chi connectivity index (χ3n) is 1.76. The Morgan fingerprint density at radius 1 is 1.42 bits per heavy atom. The largest absolute Gasteiger partial charge is 0.239 e. The SMILES string of the molecule is CC1(C)C=Cc2scnc2N=C1. The zero-order chi connectivity index (χ0) is 8.60. The number of rotatable bonds is 0. The molecule has 0 N–H and O–H groups in total. The lowest BCUT2D eigenvalue weighted by Gasteiger charge is -2.10. The number of fused-ring (bicyclic) bond motifs is 1. The van der Waals surface area contributed by atoms with E-state index in [1.807, 2.05) is 11.7 Å². The minimum absolute atomic E-state index is 0.0560. The molecule has 12 heavy (non-hydrogen) atoms. The van der Waals surface area contributed by atoms with Gasteiger partial charge in [0, 0.05) is 11.6 Å². The highest BCUT2D eigenvalue weighted by atomic mass is 32.1. The van der Waals surface area contributed by atoms with Crippen molar-refractivity contribution in [2.75, 3.05) is 0 Å². The molecule has 0 amide bonds. The number of nitrogens with zero attached hydrogens (tertiary/aromatic N) is 2. The van der Waals surface area contributed by atoms with E-state index >= 15 is 0 Å². The Morgan fingerprint density at radius 3 is 3.08 bits per heavy atom. The molecular formula is C9H10N2S. The Morgan fingerprint density at radius 2 is 2.25 bits per heavy atom. The van der Waals surface area contributed by atoms with E-state index < -0.39 is 0 Å². The molecule has 0 atom stereocenters. The monoisotopic (exact) mass is 178 g/mol. The van der Waals surface area contributed by atoms with Gasteiger partial charge < -0.3 is 0 Å². The van der Waals surface area contributed by atoms with Gasteiger partial charge in [0.25, 0.3) is 0 Å². The van der Waals surface area contributed by atoms with Crippen LogP contribution in [0.3, 0.4) is 0 Å². The first-order chi connectivity index (χ1) is 5.67. The average Bonchev–Trinajstić information content (AvgIpc) is 2.40. The van der Waals surface area contributed by atoms with Crippen LogP contribution in [-0.4, -0.2) is 11.2 Å². The molecule has 0 unspecified atom stereocenters. The van der Waals surface area contributed by atoms with Crippen LogP contribution in [0.4, 0.5) is 5.82 Å². The summed E-state index contributed by atoms with van der Waals surface area (Å²) in [5.41, 5.74) is 1.88. The summed E-state index contributed by atoms with van der Waals surface area (Å²) in [6.45, 7) is 4.26. The number of aromatic nitrogens is 1. The van der Waals surface area contributed by atoms with Crippen LogP contribution < -0.4 is 0 Å². The Hall–Kier alpha value is -0.960. The lowest BCUT2D eigenvalue weighted by atomic mass is 9.95. The summed E-state index contributed by atoms with van der Waals surface area (Å²) in [5, 5.41) is 0. The van der Waals surface area contributed by atoms with Gasteiger partial charge in [-0.3, -0.25) is 0 Å². The summed E-state index contributed by atoms with van der Waals surface area (Å²) in [5.74, 6) is 0.849. The Bertz CT molecular complexity index is 317. The fourth-order valence-electron chi connectivity index (χ4n) is 1.02. The quantitative estimate of drug-likeness (QED) is 0.599. The molecule has 0 spiro atoms. The molecule has 1 aliphatic heterocycles. The highest BCUT2D eigenvalue weighted by Gasteiger charge is 2.14. The van der Waals surface area contributed by atoms with Gasteiger partial charge in [0.2, 0.25) is 0 Å². The molecule has 0 aliphatic carbocycles. The maximum Gasteiger partial charge on any atom is 0.169 e. The molecule has 0 aromatic carbocycles. The molecule has 0 saturated heterocycles. The van der Waals surface area contributed by atoms with E-state index in [2.05, 4.69) is 36.0 Å². The van der Waals surface area contributed by atoms with Crippen LogP contribution in [0.1, 0.15) is 18.7 Å². The van der Waals surface area contributed by atoms with Crippen molar-refractivity contribution < 1.29 is 0 Å². The van der Waals surface area contributed by atoms with Crippen molar-refractivity contribution >= 4 is 29.4 Å². The lowest BCUT2D eigenvalue weighted by molar-refractivity contribution is 0.699. The van der Waals surface area contributed by atoms with Gasteiger partial charge in [-0.05, 0) is 6.08 Å². The van der Waals surface area contributed by atoms with E-state index in [9.17, 15) is 0 Å². The molecular weight excluding hydrogens is 168 g/mol. The van der Waals surface area contributed by atoms with Crippen molar-refractivity contribution in [2.45, 2.75) is 13.8 Å². The van der Waals surface area contributed by atoms with E-state index in [-0.39, 0.29) is 5.41 Å². The summed E-state index contributed by atoms with van der Waals surface area (Å²) >= 11 is 1.63. The Balaban J connectivity index is 2.49. The Kier molecular flexibility index (Phi) is 1.61. The molecule has 1 aromatic heterocycles. The molecule has 0 bridgehead atoms. The Labute approximate surface area is 75.7 Å². The van der Waals surface area contributed by atoms with E-state index in [0.717, 1.165) is 10.7 Å². The molecule has 0 saturated carbocycles. The summed E-state index contributed by atoms with van der Waals surface area (Å²) in [6.07, 6.45) is 6.19. The van der Waals surface area contributed by atoms with E-state index in [4.69, 9.17) is 0 Å². The van der Waals surface area contributed by atoms with Gasteiger partial charge in [0.15, 0.2) is 5.82 Å². The maximum absolute atomic E-state index is 4.31. The number of hydrogen-bond donors (Lipinski definition) is 0. The zero-order valence-corrected chi connectivity index (χ0v) is 7.93. The van der Waals surface area contributed by atoms with Crippen LogP contribution in [0.5, 0.6) is 0 Å². The van der Waals surface area contributed by atoms with Gasteiger partial charge in [-0.2, -0.15) is 0 Å². The predicted octanol–water partition coefficient (Wildman–Crippen LogP) is 2.90. The maximum atomic E-state index is 4.31. The molecule has 2 nitrogen and oxygen atoms in total. The van der Waals surface area contributed by atoms with Crippen molar-refractivity contribution in [1.82, 2.24) is 4.98 Å². The highest BCUT2D eigenvalue weighted by molar-refractivity contribution is 7.11. The van der Waals surface area contributed by atoms with E-state index in [1.165, 1.54) is 0 Å². The second-order valence-corrected chi connectivity index (χ2v) is 4.34. The molecule has 1 aromatic rings. The van der Waals surface area contributed by atoms with Gasteiger partial charge in [0.05, 0.1) is 10.4 Å². The highest BCUT2D eigenvalue weighted by Crippen LogP contribution is 2.29. The number of hydrogen-bond acceptors (Lipinski definition) is 3. The van der Waals surface area contributed by atoms with Crippen molar-refractivity contribution in [3.8, 4) is 0 Å². The van der Waals surface area contributed by atoms with Gasteiger partial charge in [-0.25, -0.2) is 9.98 Å². The first-order valence-corrected chi connectivity index (χ1v) is 4.73. The molecule has 1 aliphatic rings. The number of thiazole rings is 1. The van der Waals surface area contributed by atoms with Crippen LogP contribution in [0, 0.1) is 5.41 Å². The second kappa shape index (κ2) is 2.52. The third-order valence-corrected chi connectivity index (χ3v) is 2.54. The summed E-state index contributed by atoms with van der Waals surface area (Å²) in [7, 11) is 0. The summed E-state index contributed by atoms with van der Waals surface area (Å²) in [4.78, 5) is 9.61. The second-order valence-electron chi connectivity index (χ2n) is 3.45. The van der Waals surface area contributed by atoms with Crippen LogP contribution in [-0.2, 0) is 0 Å². The number of aliphatic imine (C=N–C) groups is 1. The standard InChI is InChI=1S/C9H10N2S/c1-9(2)4-3-7-8(10-5-9)11-6-12-7/h3-6H,1-2H3.